The SMILES string of the molecule is CCO/C([O-])=C1/C=C(C#N)c2cc(OC)c(OC)cc21.[Na+]. The van der Waals surface area contributed by atoms with Crippen molar-refractivity contribution in [2.45, 2.75) is 6.92 Å². The average molecular weight is 295 g/mol. The average Bonchev–Trinajstić information content (AvgIpc) is 2.83. The van der Waals surface area contributed by atoms with E-state index in [-0.39, 0.29) is 36.2 Å². The number of methoxy groups -OCH3 is 2. The third kappa shape index (κ3) is 3.18. The molecule has 21 heavy (non-hydrogen) atoms. The molecule has 0 heterocycles. The van der Waals surface area contributed by atoms with Gasteiger partial charge in [0, 0.05) is 11.1 Å². The van der Waals surface area contributed by atoms with Crippen LogP contribution in [-0.2, 0) is 4.74 Å². The minimum atomic E-state index is -0.453. The van der Waals surface area contributed by atoms with Crippen molar-refractivity contribution in [3.63, 3.8) is 0 Å². The Kier molecular flexibility index (Phi) is 6.16. The molecule has 6 heteroatoms. The van der Waals surface area contributed by atoms with Crippen molar-refractivity contribution < 1.29 is 48.9 Å². The first-order chi connectivity index (χ1) is 9.65. The van der Waals surface area contributed by atoms with Crippen LogP contribution in [0.2, 0.25) is 0 Å². The van der Waals surface area contributed by atoms with Gasteiger partial charge < -0.3 is 19.3 Å². The number of benzene rings is 1. The Hall–Kier alpha value is -1.61. The van der Waals surface area contributed by atoms with E-state index in [4.69, 9.17) is 14.2 Å². The summed E-state index contributed by atoms with van der Waals surface area (Å²) in [7, 11) is 3.03. The standard InChI is InChI=1S/C15H15NO4.Na/c1-4-20-15(17)12-5-9(8-16)10-6-13(18-2)14(19-3)7-11(10)12;/h5-7,17H,4H2,1-3H3;/q;+1/p-1/b15-12-;. The maximum atomic E-state index is 11.9. The Morgan fingerprint density at radius 3 is 2.24 bits per heavy atom. The molecule has 1 aliphatic carbocycles. The van der Waals surface area contributed by atoms with Crippen molar-refractivity contribution in [2.24, 2.45) is 0 Å². The van der Waals surface area contributed by atoms with Crippen LogP contribution >= 0.6 is 0 Å². The first-order valence-electron chi connectivity index (χ1n) is 6.08. The van der Waals surface area contributed by atoms with Gasteiger partial charge in [0.1, 0.15) is 0 Å². The first-order valence-corrected chi connectivity index (χ1v) is 6.08. The molecular weight excluding hydrogens is 281 g/mol. The van der Waals surface area contributed by atoms with E-state index >= 15 is 0 Å². The molecule has 0 amide bonds. The molecule has 0 aliphatic heterocycles. The van der Waals surface area contributed by atoms with Crippen molar-refractivity contribution in [3.05, 3.63) is 35.3 Å². The minimum Gasteiger partial charge on any atom is -0.613 e. The Balaban J connectivity index is 0.00000220. The van der Waals surface area contributed by atoms with E-state index in [0.717, 1.165) is 0 Å². The molecule has 0 fully saturated rings. The van der Waals surface area contributed by atoms with Crippen LogP contribution in [0.5, 0.6) is 11.5 Å². The predicted molar refractivity (Wildman–Crippen MR) is 71.7 cm³/mol. The molecule has 0 unspecified atom stereocenters. The van der Waals surface area contributed by atoms with Crippen molar-refractivity contribution in [3.8, 4) is 17.6 Å². The molecular formula is C15H14NNaO4. The Bertz CT molecular complexity index is 644. The first kappa shape index (κ1) is 17.4. The molecule has 0 bridgehead atoms. The zero-order chi connectivity index (χ0) is 14.7. The number of nitrogens with zero attached hydrogens (tertiary/aromatic N) is 1. The van der Waals surface area contributed by atoms with Crippen molar-refractivity contribution in [1.82, 2.24) is 0 Å². The van der Waals surface area contributed by atoms with Crippen molar-refractivity contribution >= 4 is 11.1 Å². The van der Waals surface area contributed by atoms with Gasteiger partial charge >= 0.3 is 29.6 Å². The van der Waals surface area contributed by atoms with Crippen LogP contribution in [-0.4, -0.2) is 20.8 Å². The number of hydrogen-bond acceptors (Lipinski definition) is 5. The third-order valence-electron chi connectivity index (χ3n) is 3.01. The van der Waals surface area contributed by atoms with Gasteiger partial charge in [-0.1, -0.05) is 6.92 Å². The molecule has 0 saturated carbocycles. The number of nitriles is 1. The fourth-order valence-corrected chi connectivity index (χ4v) is 2.09. The maximum Gasteiger partial charge on any atom is 1.00 e. The summed E-state index contributed by atoms with van der Waals surface area (Å²) in [6, 6.07) is 5.44. The third-order valence-corrected chi connectivity index (χ3v) is 3.01. The molecule has 1 aromatic carbocycles. The van der Waals surface area contributed by atoms with E-state index < -0.39 is 5.95 Å². The monoisotopic (exact) mass is 295 g/mol. The molecule has 0 atom stereocenters. The van der Waals surface area contributed by atoms with Gasteiger partial charge in [-0.05, 0) is 30.4 Å². The van der Waals surface area contributed by atoms with E-state index in [1.807, 2.05) is 0 Å². The number of ether oxygens (including phenoxy) is 3. The summed E-state index contributed by atoms with van der Waals surface area (Å²) in [6.45, 7) is 2.01. The minimum absolute atomic E-state index is 0. The molecule has 0 spiro atoms. The molecule has 0 radical (unpaired) electrons. The summed E-state index contributed by atoms with van der Waals surface area (Å²) in [5.41, 5.74) is 2.04. The quantitative estimate of drug-likeness (QED) is 0.509. The second-order valence-electron chi connectivity index (χ2n) is 4.06. The summed E-state index contributed by atoms with van der Waals surface area (Å²) in [5, 5.41) is 21.1. The van der Waals surface area contributed by atoms with Gasteiger partial charge in [0.2, 0.25) is 0 Å². The summed E-state index contributed by atoms with van der Waals surface area (Å²) < 4.78 is 15.4. The van der Waals surface area contributed by atoms with E-state index in [1.54, 1.807) is 19.1 Å². The summed E-state index contributed by atoms with van der Waals surface area (Å²) >= 11 is 0. The van der Waals surface area contributed by atoms with Crippen LogP contribution in [0.1, 0.15) is 18.1 Å². The molecule has 1 aliphatic rings. The summed E-state index contributed by atoms with van der Waals surface area (Å²) in [5.74, 6) is 0.560. The molecule has 2 rings (SSSR count). The van der Waals surface area contributed by atoms with E-state index in [2.05, 4.69) is 6.07 Å². The van der Waals surface area contributed by atoms with Gasteiger partial charge in [0.25, 0.3) is 0 Å². The zero-order valence-corrected chi connectivity index (χ0v) is 14.5. The van der Waals surface area contributed by atoms with Crippen molar-refractivity contribution in [2.75, 3.05) is 20.8 Å². The van der Waals surface area contributed by atoms with E-state index in [0.29, 0.717) is 33.8 Å². The molecule has 1 aromatic rings. The second kappa shape index (κ2) is 7.41. The Labute approximate surface area is 145 Å². The number of allylic oxidation sites excluding steroid dienone is 3. The molecule has 0 aromatic heterocycles. The van der Waals surface area contributed by atoms with Gasteiger partial charge in [0.05, 0.1) is 31.8 Å². The molecule has 0 N–H and O–H groups in total. The number of hydrogen-bond donors (Lipinski definition) is 0. The van der Waals surface area contributed by atoms with Crippen LogP contribution in [0.3, 0.4) is 0 Å². The topological polar surface area (TPSA) is 74.5 Å². The van der Waals surface area contributed by atoms with Crippen LogP contribution in [0, 0.1) is 11.3 Å². The zero-order valence-electron chi connectivity index (χ0n) is 12.5. The summed E-state index contributed by atoms with van der Waals surface area (Å²) in [6.07, 6.45) is 1.53. The van der Waals surface area contributed by atoms with Crippen LogP contribution in [0.4, 0.5) is 0 Å². The van der Waals surface area contributed by atoms with Crippen LogP contribution in [0.15, 0.2) is 24.2 Å². The molecule has 5 nitrogen and oxygen atoms in total. The van der Waals surface area contributed by atoms with Gasteiger partial charge in [0.15, 0.2) is 11.5 Å². The van der Waals surface area contributed by atoms with Crippen molar-refractivity contribution in [1.29, 1.82) is 5.26 Å². The second-order valence-corrected chi connectivity index (χ2v) is 4.06. The maximum absolute atomic E-state index is 11.9. The van der Waals surface area contributed by atoms with Crippen LogP contribution < -0.4 is 44.1 Å². The normalized spacial score (nSPS) is 14.3. The number of rotatable bonds is 4. The smallest absolute Gasteiger partial charge is 0.613 e. The molecule has 0 saturated heterocycles. The van der Waals surface area contributed by atoms with E-state index in [9.17, 15) is 10.4 Å². The summed E-state index contributed by atoms with van der Waals surface area (Å²) in [4.78, 5) is 0. The largest absolute Gasteiger partial charge is 1.00 e. The van der Waals surface area contributed by atoms with Gasteiger partial charge in [-0.25, -0.2) is 0 Å². The number of fused-ring (bicyclic) bond motifs is 1. The van der Waals surface area contributed by atoms with Crippen LogP contribution in [0.25, 0.3) is 11.1 Å². The van der Waals surface area contributed by atoms with Gasteiger partial charge in [-0.15, -0.1) is 0 Å². The fraction of sp³-hybridized carbons (Fsp3) is 0.267. The van der Waals surface area contributed by atoms with Gasteiger partial charge in [-0.3, -0.25) is 0 Å². The van der Waals surface area contributed by atoms with Gasteiger partial charge in [-0.2, -0.15) is 5.26 Å². The Morgan fingerprint density at radius 2 is 1.76 bits per heavy atom. The fourth-order valence-electron chi connectivity index (χ4n) is 2.09. The molecule has 104 valence electrons. The van der Waals surface area contributed by atoms with E-state index in [1.165, 1.54) is 20.3 Å². The Morgan fingerprint density at radius 1 is 1.19 bits per heavy atom. The predicted octanol–water partition coefficient (Wildman–Crippen LogP) is -1.31.